The van der Waals surface area contributed by atoms with Crippen molar-refractivity contribution in [3.63, 3.8) is 0 Å². The molecule has 0 fully saturated rings. The fourth-order valence-corrected chi connectivity index (χ4v) is 5.40. The number of hydrogen-bond donors (Lipinski definition) is 4. The predicted octanol–water partition coefficient (Wildman–Crippen LogP) is 5.77. The van der Waals surface area contributed by atoms with E-state index in [0.717, 1.165) is 17.1 Å². The molecule has 0 radical (unpaired) electrons. The van der Waals surface area contributed by atoms with Crippen LogP contribution < -0.4 is 26.6 Å². The summed E-state index contributed by atoms with van der Waals surface area (Å²) in [7, 11) is 0. The maximum absolute atomic E-state index is 14.2. The normalized spacial score (nSPS) is 19.0. The van der Waals surface area contributed by atoms with Crippen LogP contribution in [-0.4, -0.2) is 17.7 Å². The van der Waals surface area contributed by atoms with Gasteiger partial charge in [0.2, 0.25) is 5.43 Å². The topological polar surface area (TPSA) is 126 Å². The van der Waals surface area contributed by atoms with Crippen LogP contribution >= 0.6 is 0 Å². The molecule has 6 rings (SSSR count). The largest absolute Gasteiger partial charge is 0.462 e. The maximum Gasteiger partial charge on any atom is 0.200 e. The summed E-state index contributed by atoms with van der Waals surface area (Å²) in [6, 6.07) is 21.9. The standard InChI is InChI=1S/C33H30FN5O3/c1-19(31-27(21-8-7-9-22(34)18-21)30(40)25-12-5-6-13-26(25)42-31)37-33-28(32(36)38-39-33)29(35)20-14-16-24(17-15-20)41-23-10-3-2-4-11-23/h2-14,16,18-19,28,33,35,37,39H,15,17H2,1H3,(H2,36,38)/t19?,28-,33?/m1/s1. The second kappa shape index (κ2) is 11.5. The first-order valence-electron chi connectivity index (χ1n) is 13.8. The first kappa shape index (κ1) is 27.2. The van der Waals surface area contributed by atoms with Crippen molar-refractivity contribution in [2.24, 2.45) is 16.8 Å². The maximum atomic E-state index is 14.2. The number of ether oxygens (including phenoxy) is 1. The molecule has 5 N–H and O–H groups in total. The average Bonchev–Trinajstić information content (AvgIpc) is 3.37. The number of halogens is 1. The molecule has 0 saturated heterocycles. The SMILES string of the molecule is CC(NC1NN=C(N)[C@H]1C(=N)C1=CC=C(Oc2ccccc2)CC1)c1oc2ccccc2c(=O)c1-c1cccc(F)c1. The Kier molecular flexibility index (Phi) is 7.41. The van der Waals surface area contributed by atoms with Crippen molar-refractivity contribution >= 4 is 22.5 Å². The minimum atomic E-state index is -0.562. The Morgan fingerprint density at radius 2 is 1.88 bits per heavy atom. The van der Waals surface area contributed by atoms with Crippen LogP contribution in [0.4, 0.5) is 4.39 Å². The summed E-state index contributed by atoms with van der Waals surface area (Å²) < 4.78 is 26.5. The predicted molar refractivity (Wildman–Crippen MR) is 162 cm³/mol. The number of allylic oxidation sites excluding steroid dienone is 4. The summed E-state index contributed by atoms with van der Waals surface area (Å²) in [4.78, 5) is 13.6. The lowest BCUT2D eigenvalue weighted by Gasteiger charge is -2.27. The van der Waals surface area contributed by atoms with E-state index in [1.54, 1.807) is 36.4 Å². The summed E-state index contributed by atoms with van der Waals surface area (Å²) in [6.07, 6.45) is 4.49. The van der Waals surface area contributed by atoms with Gasteiger partial charge in [0.1, 0.15) is 40.7 Å². The lowest BCUT2D eigenvalue weighted by Crippen LogP contribution is -2.48. The van der Waals surface area contributed by atoms with Crippen LogP contribution in [0.5, 0.6) is 5.75 Å². The molecule has 3 aromatic carbocycles. The Morgan fingerprint density at radius 1 is 1.10 bits per heavy atom. The van der Waals surface area contributed by atoms with Gasteiger partial charge in [-0.25, -0.2) is 4.39 Å². The summed E-state index contributed by atoms with van der Waals surface area (Å²) in [6.45, 7) is 1.85. The Morgan fingerprint density at radius 3 is 2.64 bits per heavy atom. The molecule has 0 spiro atoms. The van der Waals surface area contributed by atoms with Crippen LogP contribution in [0.15, 0.2) is 117 Å². The van der Waals surface area contributed by atoms with Crippen LogP contribution in [-0.2, 0) is 0 Å². The summed E-state index contributed by atoms with van der Waals surface area (Å²) >= 11 is 0. The Bertz CT molecular complexity index is 1810. The molecule has 9 heteroatoms. The molecule has 0 bridgehead atoms. The molecule has 2 aliphatic rings. The number of nitrogens with two attached hydrogens (primary N) is 1. The quantitative estimate of drug-likeness (QED) is 0.202. The number of hydrogen-bond acceptors (Lipinski definition) is 8. The fourth-order valence-electron chi connectivity index (χ4n) is 5.40. The van der Waals surface area contributed by atoms with E-state index in [0.29, 0.717) is 40.8 Å². The van der Waals surface area contributed by atoms with Gasteiger partial charge in [-0.05, 0) is 67.0 Å². The molecule has 212 valence electrons. The van der Waals surface area contributed by atoms with E-state index in [4.69, 9.17) is 20.3 Å². The number of rotatable bonds is 8. The van der Waals surface area contributed by atoms with Crippen molar-refractivity contribution in [1.29, 1.82) is 5.41 Å². The van der Waals surface area contributed by atoms with Crippen LogP contribution in [0.1, 0.15) is 31.6 Å². The minimum Gasteiger partial charge on any atom is -0.462 e. The Hall–Kier alpha value is -5.02. The van der Waals surface area contributed by atoms with Crippen LogP contribution in [0, 0.1) is 17.1 Å². The molecule has 0 amide bonds. The fraction of sp³-hybridized carbons (Fsp3) is 0.182. The second-order valence-corrected chi connectivity index (χ2v) is 10.3. The van der Waals surface area contributed by atoms with Crippen molar-refractivity contribution in [1.82, 2.24) is 10.7 Å². The van der Waals surface area contributed by atoms with Crippen molar-refractivity contribution in [2.45, 2.75) is 32.0 Å². The third-order valence-electron chi connectivity index (χ3n) is 7.51. The summed E-state index contributed by atoms with van der Waals surface area (Å²) in [5.41, 5.74) is 11.3. The highest BCUT2D eigenvalue weighted by Crippen LogP contribution is 2.31. The molecule has 1 aromatic heterocycles. The first-order chi connectivity index (χ1) is 20.4. The molecule has 1 aliphatic carbocycles. The number of benzene rings is 3. The molecular weight excluding hydrogens is 533 g/mol. The lowest BCUT2D eigenvalue weighted by molar-refractivity contribution is 0.357. The summed E-state index contributed by atoms with van der Waals surface area (Å²) in [5.74, 6) is 1.21. The summed E-state index contributed by atoms with van der Waals surface area (Å²) in [5, 5.41) is 17.1. The van der Waals surface area contributed by atoms with Gasteiger partial charge in [-0.3, -0.25) is 15.5 Å². The van der Waals surface area contributed by atoms with Crippen molar-refractivity contribution in [3.05, 3.63) is 124 Å². The van der Waals surface area contributed by atoms with E-state index >= 15 is 0 Å². The zero-order valence-electron chi connectivity index (χ0n) is 22.9. The van der Waals surface area contributed by atoms with Crippen LogP contribution in [0.3, 0.4) is 0 Å². The van der Waals surface area contributed by atoms with Gasteiger partial charge in [0.15, 0.2) is 0 Å². The van der Waals surface area contributed by atoms with E-state index in [-0.39, 0.29) is 16.8 Å². The van der Waals surface area contributed by atoms with Gasteiger partial charge < -0.3 is 20.3 Å². The minimum absolute atomic E-state index is 0.252. The smallest absolute Gasteiger partial charge is 0.200 e. The monoisotopic (exact) mass is 563 g/mol. The molecular formula is C33H30FN5O3. The molecule has 4 aromatic rings. The van der Waals surface area contributed by atoms with Gasteiger partial charge in [-0.1, -0.05) is 48.5 Å². The van der Waals surface area contributed by atoms with Gasteiger partial charge in [-0.15, -0.1) is 0 Å². The van der Waals surface area contributed by atoms with Gasteiger partial charge in [0.25, 0.3) is 0 Å². The number of para-hydroxylation sites is 2. The highest BCUT2D eigenvalue weighted by molar-refractivity contribution is 6.13. The molecule has 0 saturated carbocycles. The number of amidine groups is 1. The van der Waals surface area contributed by atoms with Gasteiger partial charge >= 0.3 is 0 Å². The zero-order valence-corrected chi connectivity index (χ0v) is 22.9. The first-order valence-corrected chi connectivity index (χ1v) is 13.8. The molecule has 2 unspecified atom stereocenters. The van der Waals surface area contributed by atoms with Crippen molar-refractivity contribution in [3.8, 4) is 16.9 Å². The zero-order chi connectivity index (χ0) is 29.2. The number of nitrogens with one attached hydrogen (secondary N) is 3. The van der Waals surface area contributed by atoms with Gasteiger partial charge in [0.05, 0.1) is 22.9 Å². The van der Waals surface area contributed by atoms with E-state index in [2.05, 4.69) is 15.8 Å². The highest BCUT2D eigenvalue weighted by atomic mass is 19.1. The third-order valence-corrected chi connectivity index (χ3v) is 7.51. The number of nitrogens with zero attached hydrogens (tertiary/aromatic N) is 1. The van der Waals surface area contributed by atoms with E-state index < -0.39 is 23.9 Å². The van der Waals surface area contributed by atoms with E-state index in [9.17, 15) is 9.18 Å². The van der Waals surface area contributed by atoms with Gasteiger partial charge in [0, 0.05) is 12.1 Å². The third kappa shape index (κ3) is 5.34. The van der Waals surface area contributed by atoms with Crippen LogP contribution in [0.2, 0.25) is 0 Å². The van der Waals surface area contributed by atoms with Gasteiger partial charge in [-0.2, -0.15) is 5.10 Å². The number of fused-ring (bicyclic) bond motifs is 1. The lowest BCUT2D eigenvalue weighted by atomic mass is 9.88. The van der Waals surface area contributed by atoms with Crippen molar-refractivity contribution in [2.75, 3.05) is 0 Å². The average molecular weight is 564 g/mol. The molecule has 3 atom stereocenters. The van der Waals surface area contributed by atoms with E-state index in [1.165, 1.54) is 12.1 Å². The van der Waals surface area contributed by atoms with Crippen LogP contribution in [0.25, 0.3) is 22.1 Å². The number of hydrazone groups is 1. The molecule has 8 nitrogen and oxygen atoms in total. The molecule has 2 heterocycles. The molecule has 42 heavy (non-hydrogen) atoms. The second-order valence-electron chi connectivity index (χ2n) is 10.3. The molecule has 1 aliphatic heterocycles. The highest BCUT2D eigenvalue weighted by Gasteiger charge is 2.37. The Labute approximate surface area is 241 Å². The Balaban J connectivity index is 1.27. The van der Waals surface area contributed by atoms with E-state index in [1.807, 2.05) is 49.4 Å². The van der Waals surface area contributed by atoms with Crippen molar-refractivity contribution < 1.29 is 13.5 Å².